The van der Waals surface area contributed by atoms with Gasteiger partial charge in [0, 0.05) is 40.8 Å². The van der Waals surface area contributed by atoms with E-state index in [2.05, 4.69) is 46.5 Å². The first-order chi connectivity index (χ1) is 17.7. The largest absolute Gasteiger partial charge is 0.491 e. The van der Waals surface area contributed by atoms with Crippen molar-refractivity contribution in [1.29, 1.82) is 0 Å². The van der Waals surface area contributed by atoms with Crippen LogP contribution in [0.1, 0.15) is 36.7 Å². The van der Waals surface area contributed by atoms with Gasteiger partial charge < -0.3 is 30.7 Å². The highest BCUT2D eigenvalue weighted by Gasteiger charge is 2.33. The lowest BCUT2D eigenvalue weighted by atomic mass is 9.94. The number of ether oxygens (including phenoxy) is 2. The maximum absolute atomic E-state index is 12.6. The quantitative estimate of drug-likeness (QED) is 0.455. The second-order valence-electron chi connectivity index (χ2n) is 9.90. The molecule has 10 heteroatoms. The summed E-state index contributed by atoms with van der Waals surface area (Å²) >= 11 is 1.34. The van der Waals surface area contributed by atoms with E-state index in [1.54, 1.807) is 18.2 Å². The number of aromatic nitrogens is 1. The Morgan fingerprint density at radius 1 is 1.19 bits per heavy atom. The number of fused-ring (bicyclic) bond motifs is 1. The second kappa shape index (κ2) is 10.1. The minimum Gasteiger partial charge on any atom is -0.491 e. The summed E-state index contributed by atoms with van der Waals surface area (Å²) in [5.41, 5.74) is 9.67. The zero-order valence-corrected chi connectivity index (χ0v) is 21.9. The average molecular weight is 522 g/mol. The van der Waals surface area contributed by atoms with Gasteiger partial charge in [-0.1, -0.05) is 12.1 Å². The molecule has 4 N–H and O–H groups in total. The van der Waals surface area contributed by atoms with Crippen LogP contribution < -0.4 is 26.0 Å². The molecule has 9 nitrogen and oxygen atoms in total. The fourth-order valence-corrected chi connectivity index (χ4v) is 5.43. The molecule has 2 aliphatic heterocycles. The number of nitrogens with zero attached hydrogens (tertiary/aromatic N) is 2. The number of carbonyl (C=O) groups excluding carboxylic acids is 2. The summed E-state index contributed by atoms with van der Waals surface area (Å²) in [4.78, 5) is 32.0. The van der Waals surface area contributed by atoms with Crippen molar-refractivity contribution in [1.82, 2.24) is 10.3 Å². The Morgan fingerprint density at radius 2 is 1.97 bits per heavy atom. The first-order valence-electron chi connectivity index (χ1n) is 12.3. The smallest absolute Gasteiger partial charge is 0.251 e. The third-order valence-electron chi connectivity index (χ3n) is 6.47. The van der Waals surface area contributed by atoms with E-state index in [4.69, 9.17) is 15.2 Å². The Balaban J connectivity index is 1.18. The number of morpholine rings is 1. The predicted molar refractivity (Wildman–Crippen MR) is 144 cm³/mol. The first-order valence-corrected chi connectivity index (χ1v) is 13.2. The number of hydrogen-bond donors (Lipinski definition) is 3. The second-order valence-corrected chi connectivity index (χ2v) is 10.8. The summed E-state index contributed by atoms with van der Waals surface area (Å²) in [5, 5.41) is 7.81. The highest BCUT2D eigenvalue weighted by Crippen LogP contribution is 2.35. The molecule has 2 amide bonds. The molecule has 194 valence electrons. The molecule has 0 bridgehead atoms. The molecule has 2 aromatic carbocycles. The number of thiazole rings is 1. The van der Waals surface area contributed by atoms with Crippen molar-refractivity contribution in [2.24, 2.45) is 5.73 Å². The summed E-state index contributed by atoms with van der Waals surface area (Å²) in [7, 11) is 0. The van der Waals surface area contributed by atoms with E-state index in [1.807, 2.05) is 24.4 Å². The molecule has 1 saturated heterocycles. The van der Waals surface area contributed by atoms with Gasteiger partial charge in [-0.3, -0.25) is 9.59 Å². The van der Waals surface area contributed by atoms with Crippen molar-refractivity contribution in [2.45, 2.75) is 38.5 Å². The van der Waals surface area contributed by atoms with E-state index in [0.717, 1.165) is 35.6 Å². The number of hydrogen-bond acceptors (Lipinski definition) is 8. The molecule has 2 aliphatic rings. The van der Waals surface area contributed by atoms with Crippen molar-refractivity contribution < 1.29 is 19.1 Å². The Labute approximate surface area is 220 Å². The lowest BCUT2D eigenvalue weighted by Gasteiger charge is -2.37. The number of nitrogens with two attached hydrogens (primary N) is 1. The number of carbonyl (C=O) groups is 2. The fourth-order valence-electron chi connectivity index (χ4n) is 4.69. The van der Waals surface area contributed by atoms with Crippen LogP contribution in [0.15, 0.2) is 47.8 Å². The van der Waals surface area contributed by atoms with Crippen LogP contribution in [0.3, 0.4) is 0 Å². The molecule has 3 aromatic rings. The summed E-state index contributed by atoms with van der Waals surface area (Å²) in [5.74, 6) is -0.0324. The lowest BCUT2D eigenvalue weighted by Crippen LogP contribution is -2.45. The van der Waals surface area contributed by atoms with E-state index in [1.165, 1.54) is 11.3 Å². The number of anilines is 2. The normalized spacial score (nSPS) is 22.8. The number of benzene rings is 2. The van der Waals surface area contributed by atoms with Crippen LogP contribution in [0.5, 0.6) is 5.75 Å². The van der Waals surface area contributed by atoms with Gasteiger partial charge >= 0.3 is 0 Å². The minimum absolute atomic E-state index is 0.173. The lowest BCUT2D eigenvalue weighted by molar-refractivity contribution is -0.115. The molecule has 0 spiro atoms. The maximum atomic E-state index is 12.6. The van der Waals surface area contributed by atoms with Gasteiger partial charge in [0.15, 0.2) is 5.13 Å². The molecule has 3 atom stereocenters. The number of nitrogens with one attached hydrogen (secondary N) is 2. The Bertz CT molecular complexity index is 1310. The van der Waals surface area contributed by atoms with Gasteiger partial charge in [0.1, 0.15) is 12.4 Å². The van der Waals surface area contributed by atoms with Gasteiger partial charge in [-0.2, -0.15) is 0 Å². The number of rotatable bonds is 6. The zero-order chi connectivity index (χ0) is 26.2. The summed E-state index contributed by atoms with van der Waals surface area (Å²) in [6.45, 7) is 7.88. The van der Waals surface area contributed by atoms with Crippen molar-refractivity contribution in [3.63, 3.8) is 0 Å². The van der Waals surface area contributed by atoms with Gasteiger partial charge in [0.25, 0.3) is 5.91 Å². The van der Waals surface area contributed by atoms with Gasteiger partial charge in [0.2, 0.25) is 5.91 Å². The molecule has 1 aromatic heterocycles. The van der Waals surface area contributed by atoms with Crippen LogP contribution >= 0.6 is 11.3 Å². The molecule has 0 saturated carbocycles. The molecule has 0 unspecified atom stereocenters. The third kappa shape index (κ3) is 5.61. The summed E-state index contributed by atoms with van der Waals surface area (Å²) in [6.07, 6.45) is 0.345. The van der Waals surface area contributed by atoms with Gasteiger partial charge in [-0.05, 0) is 51.1 Å². The minimum atomic E-state index is -0.649. The van der Waals surface area contributed by atoms with Gasteiger partial charge in [0.05, 0.1) is 30.0 Å². The van der Waals surface area contributed by atoms with E-state index in [0.29, 0.717) is 23.1 Å². The molecule has 3 heterocycles. The first kappa shape index (κ1) is 25.2. The topological polar surface area (TPSA) is 119 Å². The molecule has 37 heavy (non-hydrogen) atoms. The Morgan fingerprint density at radius 3 is 2.76 bits per heavy atom. The maximum Gasteiger partial charge on any atom is 0.251 e. The van der Waals surface area contributed by atoms with Crippen molar-refractivity contribution in [3.8, 4) is 17.0 Å². The molecule has 5 rings (SSSR count). The molecular formula is C27H31N5O4S. The Hall–Kier alpha value is -3.47. The summed E-state index contributed by atoms with van der Waals surface area (Å²) in [6, 6.07) is 13.3. The van der Waals surface area contributed by atoms with Crippen molar-refractivity contribution >= 4 is 34.0 Å². The highest BCUT2D eigenvalue weighted by atomic mass is 32.1. The number of amides is 2. The van der Waals surface area contributed by atoms with Crippen LogP contribution in [-0.2, 0) is 15.1 Å². The van der Waals surface area contributed by atoms with Crippen LogP contribution in [0, 0.1) is 0 Å². The molecule has 0 radical (unpaired) electrons. The monoisotopic (exact) mass is 521 g/mol. The molecular weight excluding hydrogens is 490 g/mol. The van der Waals surface area contributed by atoms with E-state index in [-0.39, 0.29) is 30.6 Å². The summed E-state index contributed by atoms with van der Waals surface area (Å²) < 4.78 is 11.4. The zero-order valence-electron chi connectivity index (χ0n) is 21.1. The fraction of sp³-hybridized carbons (Fsp3) is 0.370. The van der Waals surface area contributed by atoms with Crippen molar-refractivity contribution in [3.05, 3.63) is 59.0 Å². The van der Waals surface area contributed by atoms with Gasteiger partial charge in [-0.15, -0.1) is 11.3 Å². The van der Waals surface area contributed by atoms with Crippen LogP contribution in [0.2, 0.25) is 0 Å². The Kier molecular flexibility index (Phi) is 6.89. The van der Waals surface area contributed by atoms with E-state index in [9.17, 15) is 9.59 Å². The SMILES string of the molecule is C[C@@H]1CN(c2cccc(-c3csc(NC(=O)CNC(=O)c4ccc5c(c4)[C@@](C)(N)CO5)n3)c2)C[C@H](C)O1. The molecule has 0 aliphatic carbocycles. The standard InChI is InChI=1S/C27H31N5O4S/c1-16-12-32(13-17(2)36-16)20-6-4-5-18(9-20)22-14-37-26(30-22)31-24(33)11-29-25(34)19-7-8-23-21(10-19)27(3,28)15-35-23/h4-10,14,16-17H,11-13,15,28H2,1-3H3,(H,29,34)(H,30,31,33)/t16-,17+,27-/m0/s1. The third-order valence-corrected chi connectivity index (χ3v) is 7.23. The van der Waals surface area contributed by atoms with E-state index < -0.39 is 5.54 Å². The van der Waals surface area contributed by atoms with E-state index >= 15 is 0 Å². The van der Waals surface area contributed by atoms with Crippen LogP contribution in [0.4, 0.5) is 10.8 Å². The van der Waals surface area contributed by atoms with Gasteiger partial charge in [-0.25, -0.2) is 4.98 Å². The van der Waals surface area contributed by atoms with Crippen LogP contribution in [0.25, 0.3) is 11.3 Å². The van der Waals surface area contributed by atoms with Crippen LogP contribution in [-0.4, -0.2) is 55.2 Å². The van der Waals surface area contributed by atoms with Crippen molar-refractivity contribution in [2.75, 3.05) is 36.5 Å². The highest BCUT2D eigenvalue weighted by molar-refractivity contribution is 7.14. The predicted octanol–water partition coefficient (Wildman–Crippen LogP) is 3.36. The average Bonchev–Trinajstić information content (AvgIpc) is 3.45. The molecule has 1 fully saturated rings.